The van der Waals surface area contributed by atoms with Crippen LogP contribution in [-0.4, -0.2) is 37.1 Å². The van der Waals surface area contributed by atoms with Crippen molar-refractivity contribution in [1.82, 2.24) is 9.55 Å². The Bertz CT molecular complexity index is 286. The van der Waals surface area contributed by atoms with Gasteiger partial charge in [0.2, 0.25) is 0 Å². The monoisotopic (exact) mass is 170 g/mol. The van der Waals surface area contributed by atoms with Crippen molar-refractivity contribution in [2.45, 2.75) is 24.9 Å². The molecular weight excluding hydrogens is 160 g/mol. The third kappa shape index (κ3) is 0.945. The number of nitrogens with zero attached hydrogens (tertiary/aromatic N) is 2. The molecular formula is C7H10N2O3. The summed E-state index contributed by atoms with van der Waals surface area (Å²) >= 11 is 0. The molecule has 0 radical (unpaired) electrons. The van der Waals surface area contributed by atoms with E-state index in [0.717, 1.165) is 0 Å². The molecule has 0 unspecified atom stereocenters. The first-order chi connectivity index (χ1) is 5.70. The summed E-state index contributed by atoms with van der Waals surface area (Å²) in [5.74, 6) is 0.410. The Balaban J connectivity index is 2.39. The Hall–Kier alpha value is -0.910. The van der Waals surface area contributed by atoms with E-state index < -0.39 is 18.3 Å². The maximum absolute atomic E-state index is 9.40. The molecule has 66 valence electrons. The second-order valence-electron chi connectivity index (χ2n) is 2.94. The highest BCUT2D eigenvalue weighted by Crippen LogP contribution is 2.23. The van der Waals surface area contributed by atoms with E-state index in [0.29, 0.717) is 5.82 Å². The highest BCUT2D eigenvalue weighted by molar-refractivity contribution is 5.04. The van der Waals surface area contributed by atoms with Gasteiger partial charge in [-0.2, -0.15) is 0 Å². The summed E-state index contributed by atoms with van der Waals surface area (Å²) < 4.78 is 1.63. The molecule has 0 spiro atoms. The van der Waals surface area contributed by atoms with Gasteiger partial charge in [0.05, 0.1) is 6.54 Å². The summed E-state index contributed by atoms with van der Waals surface area (Å²) in [6, 6.07) is 0. The Morgan fingerprint density at radius 1 is 1.42 bits per heavy atom. The first-order valence-corrected chi connectivity index (χ1v) is 3.75. The predicted octanol–water partition coefficient (Wildman–Crippen LogP) is -1.35. The highest BCUT2D eigenvalue weighted by Gasteiger charge is 2.33. The molecule has 1 aliphatic rings. The second kappa shape index (κ2) is 2.55. The zero-order valence-electron chi connectivity index (χ0n) is 6.33. The lowest BCUT2D eigenvalue weighted by Crippen LogP contribution is -2.41. The number of fused-ring (bicyclic) bond motifs is 1. The number of aromatic nitrogens is 2. The van der Waals surface area contributed by atoms with Crippen LogP contribution in [-0.2, 0) is 6.54 Å². The molecule has 5 heteroatoms. The molecule has 2 heterocycles. The van der Waals surface area contributed by atoms with Crippen molar-refractivity contribution in [2.24, 2.45) is 0 Å². The van der Waals surface area contributed by atoms with Crippen molar-refractivity contribution in [2.75, 3.05) is 0 Å². The van der Waals surface area contributed by atoms with Gasteiger partial charge < -0.3 is 19.9 Å². The van der Waals surface area contributed by atoms with Crippen molar-refractivity contribution in [3.8, 4) is 0 Å². The van der Waals surface area contributed by atoms with E-state index in [4.69, 9.17) is 0 Å². The summed E-state index contributed by atoms with van der Waals surface area (Å²) in [6.07, 6.45) is 0.0714. The van der Waals surface area contributed by atoms with Crippen LogP contribution < -0.4 is 0 Å². The van der Waals surface area contributed by atoms with Gasteiger partial charge in [-0.1, -0.05) is 0 Å². The fourth-order valence-electron chi connectivity index (χ4n) is 1.41. The third-order valence-corrected chi connectivity index (χ3v) is 2.11. The van der Waals surface area contributed by atoms with Crippen molar-refractivity contribution in [1.29, 1.82) is 0 Å². The number of imidazole rings is 1. The lowest BCUT2D eigenvalue weighted by Gasteiger charge is -2.28. The average Bonchev–Trinajstić information content (AvgIpc) is 2.48. The van der Waals surface area contributed by atoms with Crippen LogP contribution >= 0.6 is 0 Å². The zero-order chi connectivity index (χ0) is 8.72. The van der Waals surface area contributed by atoms with E-state index in [1.165, 1.54) is 6.20 Å². The summed E-state index contributed by atoms with van der Waals surface area (Å²) in [5, 5.41) is 27.9. The standard InChI is InChI=1S/C7H10N2O3/c10-4-3-9-2-1-8-7(9)6(12)5(4)11/h1-2,4-6,10-12H,3H2/t4-,5+,6+/m0/s1. The van der Waals surface area contributed by atoms with Gasteiger partial charge in [0.1, 0.15) is 24.1 Å². The molecule has 3 atom stereocenters. The molecule has 0 saturated heterocycles. The van der Waals surface area contributed by atoms with Gasteiger partial charge in [-0.25, -0.2) is 4.98 Å². The molecule has 12 heavy (non-hydrogen) atoms. The predicted molar refractivity (Wildman–Crippen MR) is 39.2 cm³/mol. The molecule has 2 rings (SSSR count). The lowest BCUT2D eigenvalue weighted by molar-refractivity contribution is -0.0854. The SMILES string of the molecule is O[C@@H]1[C@@H](O)Cn2ccnc2[C@@H]1O. The van der Waals surface area contributed by atoms with Crippen LogP contribution in [0.15, 0.2) is 12.4 Å². The Morgan fingerprint density at radius 2 is 2.17 bits per heavy atom. The van der Waals surface area contributed by atoms with E-state index in [-0.39, 0.29) is 6.54 Å². The van der Waals surface area contributed by atoms with Gasteiger partial charge in [0.25, 0.3) is 0 Å². The summed E-state index contributed by atoms with van der Waals surface area (Å²) in [6.45, 7) is 0.285. The fourth-order valence-corrected chi connectivity index (χ4v) is 1.41. The number of rotatable bonds is 0. The van der Waals surface area contributed by atoms with Gasteiger partial charge in [-0.15, -0.1) is 0 Å². The maximum atomic E-state index is 9.40. The van der Waals surface area contributed by atoms with Crippen molar-refractivity contribution >= 4 is 0 Å². The van der Waals surface area contributed by atoms with Gasteiger partial charge in [-0.3, -0.25) is 0 Å². The van der Waals surface area contributed by atoms with Crippen LogP contribution in [0.3, 0.4) is 0 Å². The van der Waals surface area contributed by atoms with Crippen LogP contribution in [0.25, 0.3) is 0 Å². The second-order valence-corrected chi connectivity index (χ2v) is 2.94. The minimum absolute atomic E-state index is 0.285. The van der Waals surface area contributed by atoms with Gasteiger partial charge in [-0.05, 0) is 0 Å². The third-order valence-electron chi connectivity index (χ3n) is 2.11. The molecule has 1 aromatic rings. The fraction of sp³-hybridized carbons (Fsp3) is 0.571. The highest BCUT2D eigenvalue weighted by atomic mass is 16.4. The molecule has 0 fully saturated rings. The molecule has 0 bridgehead atoms. The van der Waals surface area contributed by atoms with E-state index in [9.17, 15) is 15.3 Å². The van der Waals surface area contributed by atoms with E-state index >= 15 is 0 Å². The summed E-state index contributed by atoms with van der Waals surface area (Å²) in [4.78, 5) is 3.86. The van der Waals surface area contributed by atoms with Crippen LogP contribution in [0.1, 0.15) is 11.9 Å². The van der Waals surface area contributed by atoms with Crippen molar-refractivity contribution < 1.29 is 15.3 Å². The number of hydrogen-bond acceptors (Lipinski definition) is 4. The van der Waals surface area contributed by atoms with E-state index in [2.05, 4.69) is 4.98 Å². The van der Waals surface area contributed by atoms with Crippen LogP contribution in [0.4, 0.5) is 0 Å². The minimum atomic E-state index is -1.13. The molecule has 0 aliphatic carbocycles. The van der Waals surface area contributed by atoms with E-state index in [1.807, 2.05) is 0 Å². The molecule has 0 amide bonds. The largest absolute Gasteiger partial charge is 0.388 e. The van der Waals surface area contributed by atoms with Gasteiger partial charge in [0, 0.05) is 12.4 Å². The smallest absolute Gasteiger partial charge is 0.140 e. The Morgan fingerprint density at radius 3 is 2.92 bits per heavy atom. The Kier molecular flexibility index (Phi) is 1.64. The normalized spacial score (nSPS) is 34.8. The van der Waals surface area contributed by atoms with Crippen LogP contribution in [0.2, 0.25) is 0 Å². The number of aliphatic hydroxyl groups is 3. The van der Waals surface area contributed by atoms with Crippen molar-refractivity contribution in [3.63, 3.8) is 0 Å². The topological polar surface area (TPSA) is 78.5 Å². The quantitative estimate of drug-likeness (QED) is 0.450. The van der Waals surface area contributed by atoms with Crippen molar-refractivity contribution in [3.05, 3.63) is 18.2 Å². The van der Waals surface area contributed by atoms with Crippen LogP contribution in [0.5, 0.6) is 0 Å². The molecule has 5 nitrogen and oxygen atoms in total. The average molecular weight is 170 g/mol. The molecule has 3 N–H and O–H groups in total. The molecule has 0 aromatic carbocycles. The summed E-state index contributed by atoms with van der Waals surface area (Å²) in [7, 11) is 0. The van der Waals surface area contributed by atoms with Crippen LogP contribution in [0, 0.1) is 0 Å². The lowest BCUT2D eigenvalue weighted by atomic mass is 10.0. The zero-order valence-corrected chi connectivity index (χ0v) is 6.33. The van der Waals surface area contributed by atoms with E-state index in [1.54, 1.807) is 10.8 Å². The number of hydrogen-bond donors (Lipinski definition) is 3. The minimum Gasteiger partial charge on any atom is -0.388 e. The molecule has 1 aliphatic heterocycles. The number of aliphatic hydroxyl groups excluding tert-OH is 3. The summed E-state index contributed by atoms with van der Waals surface area (Å²) in [5.41, 5.74) is 0. The first kappa shape index (κ1) is 7.72. The van der Waals surface area contributed by atoms with Gasteiger partial charge >= 0.3 is 0 Å². The van der Waals surface area contributed by atoms with Gasteiger partial charge in [0.15, 0.2) is 0 Å². The first-order valence-electron chi connectivity index (χ1n) is 3.75. The Labute approximate surface area is 68.9 Å². The maximum Gasteiger partial charge on any atom is 0.140 e. The molecule has 0 saturated carbocycles. The molecule has 1 aromatic heterocycles.